The molecule has 0 spiro atoms. The van der Waals surface area contributed by atoms with Crippen LogP contribution in [0.5, 0.6) is 0 Å². The van der Waals surface area contributed by atoms with E-state index >= 15 is 0 Å². The largest absolute Gasteiger partial charge is 0.382 e. The number of rotatable bonds is 6. The van der Waals surface area contributed by atoms with E-state index in [4.69, 9.17) is 5.73 Å². The second-order valence-electron chi connectivity index (χ2n) is 5.78. The number of pyridine rings is 1. The van der Waals surface area contributed by atoms with Crippen molar-refractivity contribution < 1.29 is 4.79 Å². The Morgan fingerprint density at radius 2 is 1.87 bits per heavy atom. The molecule has 5 nitrogen and oxygen atoms in total. The number of benzene rings is 1. The molecule has 0 aliphatic rings. The van der Waals surface area contributed by atoms with Gasteiger partial charge in [-0.1, -0.05) is 45.0 Å². The Morgan fingerprint density at radius 3 is 2.43 bits per heavy atom. The van der Waals surface area contributed by atoms with Crippen molar-refractivity contribution in [1.82, 2.24) is 4.98 Å². The quantitative estimate of drug-likeness (QED) is 0.759. The minimum Gasteiger partial charge on any atom is -0.382 e. The molecule has 0 aliphatic carbocycles. The second-order valence-corrected chi connectivity index (χ2v) is 5.78. The first-order valence-electron chi connectivity index (χ1n) is 7.88. The lowest BCUT2D eigenvalue weighted by Gasteiger charge is -2.11. The molecule has 0 unspecified atom stereocenters. The van der Waals surface area contributed by atoms with Crippen molar-refractivity contribution in [2.24, 2.45) is 0 Å². The molecule has 1 aromatic carbocycles. The van der Waals surface area contributed by atoms with Crippen LogP contribution in [0.25, 0.3) is 0 Å². The van der Waals surface area contributed by atoms with E-state index in [-0.39, 0.29) is 5.91 Å². The number of carbonyl (C=O) groups is 1. The molecule has 0 fully saturated rings. The van der Waals surface area contributed by atoms with Gasteiger partial charge in [-0.15, -0.1) is 0 Å². The highest BCUT2D eigenvalue weighted by Gasteiger charge is 2.06. The molecule has 1 heterocycles. The summed E-state index contributed by atoms with van der Waals surface area (Å²) in [5.74, 6) is 1.45. The molecule has 0 saturated carbocycles. The van der Waals surface area contributed by atoms with Crippen LogP contribution in [0.1, 0.15) is 44.2 Å². The molecule has 2 aromatic rings. The van der Waals surface area contributed by atoms with Crippen LogP contribution in [0.15, 0.2) is 36.4 Å². The molecular weight excluding hydrogens is 288 g/mol. The number of hydrogen-bond acceptors (Lipinski definition) is 4. The first-order chi connectivity index (χ1) is 11.0. The van der Waals surface area contributed by atoms with Gasteiger partial charge >= 0.3 is 0 Å². The topological polar surface area (TPSA) is 80.0 Å². The van der Waals surface area contributed by atoms with Crippen LogP contribution in [-0.4, -0.2) is 10.9 Å². The number of anilines is 3. The fourth-order valence-electron chi connectivity index (χ4n) is 2.13. The SMILES string of the molecule is CCC(=O)Nc1ccc(NCc2ccc(C(C)C)cc2)nc1N. The van der Waals surface area contributed by atoms with Crippen LogP contribution in [0, 0.1) is 0 Å². The lowest BCUT2D eigenvalue weighted by Crippen LogP contribution is -2.12. The predicted octanol–water partition coefficient (Wildman–Crippen LogP) is 3.75. The number of amides is 1. The highest BCUT2D eigenvalue weighted by Crippen LogP contribution is 2.20. The monoisotopic (exact) mass is 312 g/mol. The molecule has 122 valence electrons. The number of carbonyl (C=O) groups excluding carboxylic acids is 1. The molecule has 0 bridgehead atoms. The summed E-state index contributed by atoms with van der Waals surface area (Å²) >= 11 is 0. The zero-order chi connectivity index (χ0) is 16.8. The van der Waals surface area contributed by atoms with Crippen molar-refractivity contribution >= 4 is 23.2 Å². The first kappa shape index (κ1) is 16.8. The Morgan fingerprint density at radius 1 is 1.17 bits per heavy atom. The Bertz CT molecular complexity index is 665. The van der Waals surface area contributed by atoms with E-state index in [0.717, 1.165) is 0 Å². The Hall–Kier alpha value is -2.56. The molecule has 5 heteroatoms. The van der Waals surface area contributed by atoms with Gasteiger partial charge < -0.3 is 16.4 Å². The molecular formula is C18H24N4O. The highest BCUT2D eigenvalue weighted by atomic mass is 16.1. The van der Waals surface area contributed by atoms with E-state index in [1.807, 2.05) is 6.07 Å². The fraction of sp³-hybridized carbons (Fsp3) is 0.333. The van der Waals surface area contributed by atoms with E-state index in [9.17, 15) is 4.79 Å². The predicted molar refractivity (Wildman–Crippen MR) is 95.4 cm³/mol. The average molecular weight is 312 g/mol. The smallest absolute Gasteiger partial charge is 0.224 e. The molecule has 23 heavy (non-hydrogen) atoms. The second kappa shape index (κ2) is 7.63. The van der Waals surface area contributed by atoms with Gasteiger partial charge in [0.05, 0.1) is 5.69 Å². The summed E-state index contributed by atoms with van der Waals surface area (Å²) in [6.07, 6.45) is 0.409. The molecule has 0 atom stereocenters. The van der Waals surface area contributed by atoms with E-state index in [2.05, 4.69) is 53.7 Å². The molecule has 0 aliphatic heterocycles. The number of nitrogen functional groups attached to an aromatic ring is 1. The van der Waals surface area contributed by atoms with Gasteiger partial charge in [-0.25, -0.2) is 4.98 Å². The third kappa shape index (κ3) is 4.71. The number of nitrogens with one attached hydrogen (secondary N) is 2. The van der Waals surface area contributed by atoms with Gasteiger partial charge in [0, 0.05) is 13.0 Å². The number of hydrogen-bond donors (Lipinski definition) is 3. The van der Waals surface area contributed by atoms with Gasteiger partial charge in [0.1, 0.15) is 11.6 Å². The van der Waals surface area contributed by atoms with Crippen molar-refractivity contribution in [2.75, 3.05) is 16.4 Å². The lowest BCUT2D eigenvalue weighted by atomic mass is 10.0. The van der Waals surface area contributed by atoms with Gasteiger partial charge in [-0.3, -0.25) is 4.79 Å². The first-order valence-corrected chi connectivity index (χ1v) is 7.88. The van der Waals surface area contributed by atoms with Gasteiger partial charge in [-0.05, 0) is 29.2 Å². The van der Waals surface area contributed by atoms with Gasteiger partial charge in [0.15, 0.2) is 0 Å². The zero-order valence-corrected chi connectivity index (χ0v) is 13.9. The summed E-state index contributed by atoms with van der Waals surface area (Å²) < 4.78 is 0. The summed E-state index contributed by atoms with van der Waals surface area (Å²) in [6, 6.07) is 12.1. The molecule has 2 rings (SSSR count). The minimum absolute atomic E-state index is 0.0792. The van der Waals surface area contributed by atoms with Gasteiger partial charge in [0.2, 0.25) is 5.91 Å². The van der Waals surface area contributed by atoms with Gasteiger partial charge in [-0.2, -0.15) is 0 Å². The maximum Gasteiger partial charge on any atom is 0.224 e. The summed E-state index contributed by atoms with van der Waals surface area (Å²) in [5.41, 5.74) is 8.93. The molecule has 1 amide bonds. The molecule has 4 N–H and O–H groups in total. The standard InChI is InChI=1S/C18H24N4O/c1-4-17(23)21-15-9-10-16(22-18(15)19)20-11-13-5-7-14(8-6-13)12(2)3/h5-10,12H,4,11H2,1-3H3,(H,21,23)(H3,19,20,22). The number of nitrogens with zero attached hydrogens (tertiary/aromatic N) is 1. The molecule has 1 aromatic heterocycles. The Labute approximate surface area is 137 Å². The molecule has 0 saturated heterocycles. The van der Waals surface area contributed by atoms with E-state index < -0.39 is 0 Å². The number of nitrogens with two attached hydrogens (primary N) is 1. The van der Waals surface area contributed by atoms with Crippen LogP contribution >= 0.6 is 0 Å². The summed E-state index contributed by atoms with van der Waals surface area (Å²) in [5, 5.41) is 5.96. The third-order valence-electron chi connectivity index (χ3n) is 3.64. The minimum atomic E-state index is -0.0792. The summed E-state index contributed by atoms with van der Waals surface area (Å²) in [4.78, 5) is 15.7. The maximum atomic E-state index is 11.4. The van der Waals surface area contributed by atoms with Crippen LogP contribution in [0.2, 0.25) is 0 Å². The average Bonchev–Trinajstić information content (AvgIpc) is 2.55. The van der Waals surface area contributed by atoms with Crippen molar-refractivity contribution in [3.8, 4) is 0 Å². The lowest BCUT2D eigenvalue weighted by molar-refractivity contribution is -0.115. The van der Waals surface area contributed by atoms with Crippen molar-refractivity contribution in [3.63, 3.8) is 0 Å². The number of aromatic nitrogens is 1. The fourth-order valence-corrected chi connectivity index (χ4v) is 2.13. The van der Waals surface area contributed by atoms with Crippen LogP contribution < -0.4 is 16.4 Å². The van der Waals surface area contributed by atoms with Crippen LogP contribution in [0.4, 0.5) is 17.3 Å². The maximum absolute atomic E-state index is 11.4. The summed E-state index contributed by atoms with van der Waals surface area (Å²) in [6.45, 7) is 6.82. The van der Waals surface area contributed by atoms with Crippen molar-refractivity contribution in [3.05, 3.63) is 47.5 Å². The van der Waals surface area contributed by atoms with E-state index in [1.165, 1.54) is 11.1 Å². The van der Waals surface area contributed by atoms with E-state index in [1.54, 1.807) is 13.0 Å². The van der Waals surface area contributed by atoms with Crippen molar-refractivity contribution in [2.45, 2.75) is 39.7 Å². The normalized spacial score (nSPS) is 10.6. The van der Waals surface area contributed by atoms with Gasteiger partial charge in [0.25, 0.3) is 0 Å². The van der Waals surface area contributed by atoms with Crippen LogP contribution in [-0.2, 0) is 11.3 Å². The van der Waals surface area contributed by atoms with Crippen LogP contribution in [0.3, 0.4) is 0 Å². The molecule has 0 radical (unpaired) electrons. The zero-order valence-electron chi connectivity index (χ0n) is 13.9. The van der Waals surface area contributed by atoms with E-state index in [0.29, 0.717) is 36.2 Å². The summed E-state index contributed by atoms with van der Waals surface area (Å²) in [7, 11) is 0. The van der Waals surface area contributed by atoms with Crippen molar-refractivity contribution in [1.29, 1.82) is 0 Å². The highest BCUT2D eigenvalue weighted by molar-refractivity contribution is 5.93. The third-order valence-corrected chi connectivity index (χ3v) is 3.64. The Balaban J connectivity index is 1.98. The Kier molecular flexibility index (Phi) is 5.57.